The Morgan fingerprint density at radius 3 is 1.43 bits per heavy atom. The van der Waals surface area contributed by atoms with Crippen molar-refractivity contribution in [1.82, 2.24) is 22.9 Å². The van der Waals surface area contributed by atoms with Crippen LogP contribution in [0.15, 0.2) is 97.6 Å². The smallest absolute Gasteiger partial charge is 0.390 e. The summed E-state index contributed by atoms with van der Waals surface area (Å²) < 4.78 is 149. The number of fused-ring (bicyclic) bond motifs is 4. The molecule has 0 spiro atoms. The Morgan fingerprint density at radius 2 is 0.954 bits per heavy atom. The number of hydrogen-bond donors (Lipinski definition) is 5. The molecule has 596 valence electrons. The fourth-order valence-electron chi connectivity index (χ4n) is 16.1. The molecular weight excluding hydrogens is 1480 g/mol. The normalized spacial score (nSPS) is 20.7. The lowest BCUT2D eigenvalue weighted by Crippen LogP contribution is -2.47. The van der Waals surface area contributed by atoms with Gasteiger partial charge in [-0.25, -0.2) is 26.3 Å². The van der Waals surface area contributed by atoms with Gasteiger partial charge >= 0.3 is 6.18 Å². The van der Waals surface area contributed by atoms with E-state index < -0.39 is 70.5 Å². The molecule has 8 aromatic rings. The number of pyridine rings is 4. The molecule has 1 aliphatic heterocycles. The van der Waals surface area contributed by atoms with E-state index in [9.17, 15) is 79.1 Å². The molecule has 8 aromatic heterocycles. The predicted octanol–water partition coefficient (Wildman–Crippen LogP) is 17.2. The quantitative estimate of drug-likeness (QED) is 0.0253. The fraction of sp³-hybridized carbons (Fsp3) is 0.556. The lowest BCUT2D eigenvalue weighted by Gasteiger charge is -2.36. The first-order valence-corrected chi connectivity index (χ1v) is 38.1. The molecule has 1 saturated heterocycles. The van der Waals surface area contributed by atoms with Gasteiger partial charge in [0.15, 0.2) is 23.0 Å². The minimum atomic E-state index is -4.67. The maximum Gasteiger partial charge on any atom is 0.418 e. The highest BCUT2D eigenvalue weighted by molar-refractivity contribution is 6.35. The van der Waals surface area contributed by atoms with Crippen molar-refractivity contribution in [2.24, 2.45) is 5.92 Å². The van der Waals surface area contributed by atoms with Crippen molar-refractivity contribution < 1.29 is 98.1 Å². The molecule has 0 bridgehead atoms. The Hall–Kier alpha value is -6.85. The molecule has 5 N–H and O–H groups in total. The summed E-state index contributed by atoms with van der Waals surface area (Å²) in [6, 6.07) is 20.0. The zero-order valence-electron chi connectivity index (χ0n) is 61.9. The van der Waals surface area contributed by atoms with Crippen molar-refractivity contribution in [2.45, 2.75) is 220 Å². The largest absolute Gasteiger partial charge is 0.418 e. The van der Waals surface area contributed by atoms with Gasteiger partial charge in [0.25, 0.3) is 17.8 Å². The fourth-order valence-corrected chi connectivity index (χ4v) is 16.6. The Labute approximate surface area is 637 Å². The third-order valence-electron chi connectivity index (χ3n) is 21.9. The lowest BCUT2D eigenvalue weighted by atomic mass is 9.79. The van der Waals surface area contributed by atoms with E-state index in [1.54, 1.807) is 43.0 Å². The summed E-state index contributed by atoms with van der Waals surface area (Å²) >= 11 is 12.7. The third-order valence-corrected chi connectivity index (χ3v) is 22.6. The molecular formula is C81H98Cl2F9N5O12. The van der Waals surface area contributed by atoms with Crippen LogP contribution in [-0.4, -0.2) is 157 Å². The van der Waals surface area contributed by atoms with Crippen LogP contribution in [0.25, 0.3) is 22.1 Å². The number of halogens is 11. The van der Waals surface area contributed by atoms with E-state index in [2.05, 4.69) is 5.32 Å². The van der Waals surface area contributed by atoms with Gasteiger partial charge in [0, 0.05) is 163 Å². The van der Waals surface area contributed by atoms with Crippen LogP contribution in [0.2, 0.25) is 10.0 Å². The second kappa shape index (κ2) is 35.5. The number of aliphatic hydroxyl groups is 4. The summed E-state index contributed by atoms with van der Waals surface area (Å²) in [5.41, 5.74) is 1.58. The molecule has 4 saturated carbocycles. The SMILES string of the molecule is COCCc1cc(C(=O)CCC2(O)CCCC(F)(F)C2)c2c(C(F)(F)F)cccn12.COCCc1cc(C(=O)CCC2(O)CCCC(F)(F)C2)c2c(C)cccn12.COCCc1cc(C(=O)CCCC2(O)CCCC2)c2c(Cl)cccn12.O=C(NCC1CCC(F)(F)CC1)c1cc(C2(O)COC2)n2cccc(Cl)c12. The van der Waals surface area contributed by atoms with E-state index in [0.717, 1.165) is 66.2 Å². The topological polar surface area (TPSA) is 216 Å². The Bertz CT molecular complexity index is 4490. The predicted molar refractivity (Wildman–Crippen MR) is 395 cm³/mol. The molecule has 0 radical (unpaired) electrons. The van der Waals surface area contributed by atoms with Crippen LogP contribution >= 0.6 is 23.2 Å². The molecule has 2 unspecified atom stereocenters. The summed E-state index contributed by atoms with van der Waals surface area (Å²) in [4.78, 5) is 51.3. The maximum atomic E-state index is 13.7. The molecule has 9 heterocycles. The number of aryl methyl sites for hydroxylation is 1. The van der Waals surface area contributed by atoms with Crippen LogP contribution in [0, 0.1) is 12.8 Å². The molecule has 1 amide bonds. The second-order valence-corrected chi connectivity index (χ2v) is 31.1. The Morgan fingerprint density at radius 1 is 0.523 bits per heavy atom. The van der Waals surface area contributed by atoms with E-state index in [4.69, 9.17) is 42.1 Å². The maximum absolute atomic E-state index is 13.7. The highest BCUT2D eigenvalue weighted by Gasteiger charge is 2.47. The van der Waals surface area contributed by atoms with Crippen molar-refractivity contribution in [2.75, 3.05) is 60.9 Å². The highest BCUT2D eigenvalue weighted by Crippen LogP contribution is 2.45. The summed E-state index contributed by atoms with van der Waals surface area (Å²) in [6.07, 6.45) is 9.03. The summed E-state index contributed by atoms with van der Waals surface area (Å²) in [5, 5.41) is 46.0. The number of nitrogens with zero attached hydrogens (tertiary/aromatic N) is 4. The number of hydrogen-bond acceptors (Lipinski definition) is 12. The monoisotopic (exact) mass is 1570 g/mol. The lowest BCUT2D eigenvalue weighted by molar-refractivity contribution is -0.187. The molecule has 28 heteroatoms. The van der Waals surface area contributed by atoms with E-state index in [1.807, 2.05) is 64.5 Å². The van der Waals surface area contributed by atoms with E-state index >= 15 is 0 Å². The average molecular weight is 1580 g/mol. The molecule has 4 aliphatic carbocycles. The van der Waals surface area contributed by atoms with Crippen LogP contribution in [0.1, 0.15) is 223 Å². The number of ether oxygens (including phenoxy) is 4. The molecule has 17 nitrogen and oxygen atoms in total. The van der Waals surface area contributed by atoms with Gasteiger partial charge in [-0.05, 0) is 162 Å². The second-order valence-electron chi connectivity index (χ2n) is 30.3. The van der Waals surface area contributed by atoms with Crippen LogP contribution in [0.5, 0.6) is 0 Å². The molecule has 5 aliphatic rings. The first-order valence-electron chi connectivity index (χ1n) is 37.4. The zero-order valence-corrected chi connectivity index (χ0v) is 63.5. The van der Waals surface area contributed by atoms with Gasteiger partial charge in [-0.15, -0.1) is 0 Å². The van der Waals surface area contributed by atoms with Crippen molar-refractivity contribution in [3.05, 3.63) is 164 Å². The van der Waals surface area contributed by atoms with E-state index in [1.165, 1.54) is 29.8 Å². The van der Waals surface area contributed by atoms with Gasteiger partial charge in [-0.1, -0.05) is 42.1 Å². The zero-order chi connectivity index (χ0) is 78.9. The highest BCUT2D eigenvalue weighted by atomic mass is 35.5. The van der Waals surface area contributed by atoms with Gasteiger partial charge in [0.05, 0.1) is 98.8 Å². The summed E-state index contributed by atoms with van der Waals surface area (Å²) in [6.45, 7) is 4.00. The third kappa shape index (κ3) is 20.9. The van der Waals surface area contributed by atoms with Gasteiger partial charge in [-0.3, -0.25) is 19.2 Å². The van der Waals surface area contributed by atoms with Gasteiger partial charge < -0.3 is 62.3 Å². The minimum absolute atomic E-state index is 0.0432. The summed E-state index contributed by atoms with van der Waals surface area (Å²) in [5.74, 6) is -9.35. The molecule has 109 heavy (non-hydrogen) atoms. The number of carbonyl (C=O) groups is 4. The van der Waals surface area contributed by atoms with Crippen molar-refractivity contribution >= 4 is 68.5 Å². The molecule has 2 atom stereocenters. The first-order chi connectivity index (χ1) is 51.5. The first kappa shape index (κ1) is 84.6. The van der Waals surface area contributed by atoms with Crippen LogP contribution in [0.4, 0.5) is 39.5 Å². The molecule has 0 aromatic carbocycles. The number of aromatic nitrogens is 4. The number of amides is 1. The van der Waals surface area contributed by atoms with E-state index in [0.29, 0.717) is 115 Å². The number of alkyl halides is 9. The minimum Gasteiger partial charge on any atom is -0.390 e. The van der Waals surface area contributed by atoms with Crippen LogP contribution in [0.3, 0.4) is 0 Å². The number of methoxy groups -OCH3 is 3. The standard InChI is InChI=1S/C21H24F5NO3.C21H27F2NO3.C20H26ClNO3.C19H21ClF2N2O3/c1-30-11-6-14-12-15(18-16(21(24,25)26)4-2-10-27(14)18)17(28)5-9-19(29)7-3-8-20(22,23)13-19;1-15-5-3-11-24-16(7-12-27-2)13-17(19(15)24)18(25)6-10-20(26)8-4-9-21(22,23)14-20;1-25-13-8-15-14-16(19-17(21)6-5-12-22(15)19)18(23)7-4-11-20(24)9-2-3-10-20;20-14-2-1-7-24-15(18(26)10-27-11-18)8-13(16(14)24)17(25)23-9-12-3-5-19(21,22)6-4-12/h2,4,10,12,29H,3,5-9,11,13H2,1H3;3,5,11,13,26H,4,6-10,12,14H2,1-2H3;5-6,12,14,24H,2-4,7-11,13H2,1H3;1-2,7-8,12,26H,3-6,9-11H2,(H,23,25). The van der Waals surface area contributed by atoms with Gasteiger partial charge in [0.2, 0.25) is 5.92 Å². The average Bonchev–Trinajstić information content (AvgIpc) is 1.60. The van der Waals surface area contributed by atoms with Gasteiger partial charge in [-0.2, -0.15) is 13.2 Å². The number of ketones is 3. The number of nitrogens with one attached hydrogen (secondary N) is 1. The van der Waals surface area contributed by atoms with Crippen molar-refractivity contribution in [3.8, 4) is 0 Å². The van der Waals surface area contributed by atoms with Crippen LogP contribution < -0.4 is 5.32 Å². The Kier molecular flexibility index (Phi) is 27.5. The number of carbonyl (C=O) groups excluding carboxylic acids is 4. The van der Waals surface area contributed by atoms with Crippen LogP contribution in [-0.2, 0) is 50.0 Å². The van der Waals surface area contributed by atoms with Crippen molar-refractivity contribution in [3.63, 3.8) is 0 Å². The number of Topliss-reactive ketones (excluding diaryl/α,β-unsaturated/α-hetero) is 3. The molecule has 13 rings (SSSR count). The number of rotatable bonds is 26. The van der Waals surface area contributed by atoms with E-state index in [-0.39, 0.29) is 125 Å². The van der Waals surface area contributed by atoms with Crippen molar-refractivity contribution in [1.29, 1.82) is 0 Å². The Balaban J connectivity index is 0.000000155. The van der Waals surface area contributed by atoms with Gasteiger partial charge in [0.1, 0.15) is 0 Å². The summed E-state index contributed by atoms with van der Waals surface area (Å²) in [7, 11) is 4.76. The molecule has 5 fully saturated rings.